The van der Waals surface area contributed by atoms with Gasteiger partial charge in [-0.1, -0.05) is 109 Å². The van der Waals surface area contributed by atoms with Crippen LogP contribution in [0.1, 0.15) is 17.3 Å². The van der Waals surface area contributed by atoms with E-state index in [4.69, 9.17) is 10.7 Å². The number of benzene rings is 7. The van der Waals surface area contributed by atoms with Crippen LogP contribution in [0.25, 0.3) is 75.2 Å². The molecule has 0 bridgehead atoms. The largest absolute Gasteiger partial charge is 0.309 e. The van der Waals surface area contributed by atoms with E-state index in [9.17, 15) is 0 Å². The zero-order chi connectivity index (χ0) is 32.5. The molecule has 0 spiro atoms. The van der Waals surface area contributed by atoms with E-state index in [2.05, 4.69) is 137 Å². The first-order valence-electron chi connectivity index (χ1n) is 16.5. The van der Waals surface area contributed by atoms with Crippen molar-refractivity contribution in [1.82, 2.24) is 9.13 Å². The Kier molecular flexibility index (Phi) is 6.31. The van der Waals surface area contributed by atoms with Gasteiger partial charge in [0.2, 0.25) is 0 Å². The highest BCUT2D eigenvalue weighted by Crippen LogP contribution is 2.45. The van der Waals surface area contributed by atoms with Crippen LogP contribution in [0.15, 0.2) is 163 Å². The number of fused-ring (bicyclic) bond motifs is 10. The van der Waals surface area contributed by atoms with Gasteiger partial charge in [-0.05, 0) is 59.7 Å². The van der Waals surface area contributed by atoms with Crippen molar-refractivity contribution in [1.29, 1.82) is 0 Å². The highest BCUT2D eigenvalue weighted by atomic mass is 32.1. The molecule has 7 aromatic carbocycles. The average molecular weight is 647 g/mol. The van der Waals surface area contributed by atoms with Crippen LogP contribution in [0.3, 0.4) is 0 Å². The van der Waals surface area contributed by atoms with Crippen LogP contribution >= 0.6 is 11.3 Å². The molecule has 232 valence electrons. The minimum Gasteiger partial charge on any atom is -0.309 e. The Balaban J connectivity index is 1.29. The minimum atomic E-state index is -0.495. The van der Waals surface area contributed by atoms with Gasteiger partial charge in [0.15, 0.2) is 0 Å². The number of nitrogens with zero attached hydrogens (tertiary/aromatic N) is 3. The summed E-state index contributed by atoms with van der Waals surface area (Å²) in [6, 6.07) is 56.2. The van der Waals surface area contributed by atoms with Crippen LogP contribution in [0.4, 0.5) is 0 Å². The van der Waals surface area contributed by atoms with E-state index in [0.29, 0.717) is 0 Å². The number of hydrogen-bond acceptors (Lipinski definition) is 3. The van der Waals surface area contributed by atoms with E-state index in [-0.39, 0.29) is 0 Å². The van der Waals surface area contributed by atoms with Crippen molar-refractivity contribution >= 4 is 81.3 Å². The highest BCUT2D eigenvalue weighted by Gasteiger charge is 2.21. The number of thiophene rings is 1. The summed E-state index contributed by atoms with van der Waals surface area (Å²) in [5.41, 5.74) is 15.7. The third kappa shape index (κ3) is 4.37. The molecule has 3 heterocycles. The lowest BCUT2D eigenvalue weighted by Gasteiger charge is -2.13. The summed E-state index contributed by atoms with van der Waals surface area (Å²) < 4.78 is 7.42. The third-order valence-corrected chi connectivity index (χ3v) is 10.9. The molecule has 10 rings (SSSR count). The second kappa shape index (κ2) is 11.0. The van der Waals surface area contributed by atoms with Crippen LogP contribution in [0, 0.1) is 0 Å². The predicted molar refractivity (Wildman–Crippen MR) is 209 cm³/mol. The Morgan fingerprint density at radius 2 is 1.18 bits per heavy atom. The third-order valence-electron chi connectivity index (χ3n) is 9.73. The van der Waals surface area contributed by atoms with Gasteiger partial charge in [0.25, 0.3) is 0 Å². The standard InChI is InChI=1S/C44H30N4S/c45-44(46-27-28-12-3-1-4-13-28)29-14-11-17-31(24-29)48-40-26-39-36(32-18-7-9-20-38(32)47(39)30-15-5-2-6-16-30)25-37(40)34-22-23-35-33-19-8-10-21-41(33)49-43(35)42(34)48/h1-27,44H,45H2. The maximum Gasteiger partial charge on any atom is 0.123 e. The fraction of sp³-hybridized carbons (Fsp3) is 0.0227. The molecule has 0 fully saturated rings. The van der Waals surface area contributed by atoms with Crippen molar-refractivity contribution in [2.75, 3.05) is 0 Å². The van der Waals surface area contributed by atoms with Crippen LogP contribution < -0.4 is 5.73 Å². The minimum absolute atomic E-state index is 0.495. The van der Waals surface area contributed by atoms with Gasteiger partial charge in [0, 0.05) is 54.6 Å². The van der Waals surface area contributed by atoms with E-state index in [1.54, 1.807) is 0 Å². The first-order valence-corrected chi connectivity index (χ1v) is 17.4. The van der Waals surface area contributed by atoms with E-state index >= 15 is 0 Å². The summed E-state index contributed by atoms with van der Waals surface area (Å²) >= 11 is 1.87. The Hall–Kier alpha value is -6.01. The van der Waals surface area contributed by atoms with Gasteiger partial charge in [-0.25, -0.2) is 0 Å². The number of aromatic nitrogens is 2. The van der Waals surface area contributed by atoms with Gasteiger partial charge in [0.05, 0.1) is 26.8 Å². The van der Waals surface area contributed by atoms with Crippen LogP contribution in [-0.4, -0.2) is 15.3 Å². The molecule has 0 radical (unpaired) electrons. The maximum absolute atomic E-state index is 6.73. The predicted octanol–water partition coefficient (Wildman–Crippen LogP) is 11.3. The van der Waals surface area contributed by atoms with E-state index in [1.807, 2.05) is 47.9 Å². The smallest absolute Gasteiger partial charge is 0.123 e. The SMILES string of the molecule is NC(N=Cc1ccccc1)c1cccc(-n2c3cc4c(cc3c3ccc5c6ccccc6sc5c32)c2ccccc2n4-c2ccccc2)c1. The first-order chi connectivity index (χ1) is 24.2. The fourth-order valence-corrected chi connectivity index (χ4v) is 8.74. The van der Waals surface area contributed by atoms with Crippen molar-refractivity contribution in [2.24, 2.45) is 10.7 Å². The van der Waals surface area contributed by atoms with Crippen molar-refractivity contribution in [3.05, 3.63) is 169 Å². The Morgan fingerprint density at radius 1 is 0.510 bits per heavy atom. The summed E-state index contributed by atoms with van der Waals surface area (Å²) in [5, 5.41) is 7.53. The lowest BCUT2D eigenvalue weighted by Crippen LogP contribution is -2.08. The molecule has 0 saturated heterocycles. The molecular weight excluding hydrogens is 617 g/mol. The zero-order valence-corrected chi connectivity index (χ0v) is 27.3. The first kappa shape index (κ1) is 28.0. The van der Waals surface area contributed by atoms with Crippen molar-refractivity contribution in [3.63, 3.8) is 0 Å². The molecule has 3 aromatic heterocycles. The van der Waals surface area contributed by atoms with Gasteiger partial charge in [-0.2, -0.15) is 0 Å². The molecule has 0 aliphatic heterocycles. The van der Waals surface area contributed by atoms with Gasteiger partial charge >= 0.3 is 0 Å². The molecule has 49 heavy (non-hydrogen) atoms. The molecule has 4 nitrogen and oxygen atoms in total. The molecule has 0 aliphatic carbocycles. The Morgan fingerprint density at radius 3 is 2.04 bits per heavy atom. The molecule has 1 unspecified atom stereocenters. The maximum atomic E-state index is 6.73. The molecule has 0 aliphatic rings. The van der Waals surface area contributed by atoms with Gasteiger partial charge in [-0.3, -0.25) is 4.99 Å². The quantitative estimate of drug-likeness (QED) is 0.186. The summed E-state index contributed by atoms with van der Waals surface area (Å²) in [7, 11) is 0. The molecule has 10 aromatic rings. The number of para-hydroxylation sites is 2. The molecule has 0 saturated carbocycles. The van der Waals surface area contributed by atoms with Gasteiger partial charge in [0.1, 0.15) is 6.17 Å². The van der Waals surface area contributed by atoms with Crippen LogP contribution in [0.2, 0.25) is 0 Å². The molecule has 0 amide bonds. The summed E-state index contributed by atoms with van der Waals surface area (Å²) in [6.45, 7) is 0. The van der Waals surface area contributed by atoms with Crippen LogP contribution in [-0.2, 0) is 0 Å². The van der Waals surface area contributed by atoms with E-state index < -0.39 is 6.17 Å². The van der Waals surface area contributed by atoms with Crippen molar-refractivity contribution in [3.8, 4) is 11.4 Å². The molecule has 5 heteroatoms. The normalized spacial score (nSPS) is 12.8. The second-order valence-corrected chi connectivity index (χ2v) is 13.6. The van der Waals surface area contributed by atoms with E-state index in [1.165, 1.54) is 58.3 Å². The monoisotopic (exact) mass is 646 g/mol. The van der Waals surface area contributed by atoms with Crippen molar-refractivity contribution in [2.45, 2.75) is 6.17 Å². The van der Waals surface area contributed by atoms with E-state index in [0.717, 1.165) is 28.0 Å². The molecule has 1 atom stereocenters. The van der Waals surface area contributed by atoms with Gasteiger partial charge in [-0.15, -0.1) is 11.3 Å². The summed E-state index contributed by atoms with van der Waals surface area (Å²) in [5.74, 6) is 0. The second-order valence-electron chi connectivity index (χ2n) is 12.6. The van der Waals surface area contributed by atoms with Gasteiger partial charge < -0.3 is 14.9 Å². The summed E-state index contributed by atoms with van der Waals surface area (Å²) in [4.78, 5) is 4.74. The highest BCUT2D eigenvalue weighted by molar-refractivity contribution is 7.26. The Bertz CT molecular complexity index is 2890. The molecule has 2 N–H and O–H groups in total. The van der Waals surface area contributed by atoms with Crippen molar-refractivity contribution < 1.29 is 0 Å². The molecular formula is C44H30N4S. The number of nitrogens with two attached hydrogens (primary N) is 1. The topological polar surface area (TPSA) is 48.2 Å². The lowest BCUT2D eigenvalue weighted by atomic mass is 10.1. The lowest BCUT2D eigenvalue weighted by molar-refractivity contribution is 0.779. The zero-order valence-electron chi connectivity index (χ0n) is 26.5. The number of rotatable bonds is 5. The fourth-order valence-electron chi connectivity index (χ4n) is 7.50. The summed E-state index contributed by atoms with van der Waals surface area (Å²) in [6.07, 6.45) is 1.36. The number of hydrogen-bond donors (Lipinski definition) is 1. The Labute approximate surface area is 286 Å². The number of aliphatic imine (C=N–C) groups is 1. The van der Waals surface area contributed by atoms with Crippen LogP contribution in [0.5, 0.6) is 0 Å². The average Bonchev–Trinajstić information content (AvgIpc) is 3.81.